The summed E-state index contributed by atoms with van der Waals surface area (Å²) in [5, 5.41) is 8.95. The molecule has 0 aromatic heterocycles. The van der Waals surface area contributed by atoms with Gasteiger partial charge in [0.25, 0.3) is 0 Å². The third-order valence-corrected chi connectivity index (χ3v) is 2.90. The van der Waals surface area contributed by atoms with Crippen molar-refractivity contribution in [3.8, 4) is 5.75 Å². The Morgan fingerprint density at radius 2 is 1.92 bits per heavy atom. The SMILES string of the molecule is CC(=O)CS(=O)c1ccc(O)cc1. The fourth-order valence-corrected chi connectivity index (χ4v) is 1.84. The zero-order chi connectivity index (χ0) is 9.84. The first-order chi connectivity index (χ1) is 6.09. The van der Waals surface area contributed by atoms with Crippen molar-refractivity contribution in [3.05, 3.63) is 24.3 Å². The highest BCUT2D eigenvalue weighted by atomic mass is 32.2. The van der Waals surface area contributed by atoms with Gasteiger partial charge < -0.3 is 5.11 Å². The molecule has 0 amide bonds. The van der Waals surface area contributed by atoms with Gasteiger partial charge in [-0.15, -0.1) is 0 Å². The first-order valence-corrected chi connectivity index (χ1v) is 5.08. The molecule has 0 aliphatic carbocycles. The Labute approximate surface area is 78.9 Å². The van der Waals surface area contributed by atoms with Gasteiger partial charge in [-0.05, 0) is 31.2 Å². The predicted molar refractivity (Wildman–Crippen MR) is 50.1 cm³/mol. The minimum absolute atomic E-state index is 0.0325. The van der Waals surface area contributed by atoms with E-state index in [0.29, 0.717) is 4.90 Å². The number of hydrogen-bond acceptors (Lipinski definition) is 3. The van der Waals surface area contributed by atoms with Crippen LogP contribution in [0.15, 0.2) is 29.2 Å². The molecule has 0 fully saturated rings. The first-order valence-electron chi connectivity index (χ1n) is 3.76. The molecule has 0 saturated carbocycles. The topological polar surface area (TPSA) is 54.4 Å². The average Bonchev–Trinajstić information content (AvgIpc) is 2.04. The van der Waals surface area contributed by atoms with Crippen LogP contribution in [0.5, 0.6) is 5.75 Å². The van der Waals surface area contributed by atoms with Crippen molar-refractivity contribution in [3.63, 3.8) is 0 Å². The third kappa shape index (κ3) is 2.99. The summed E-state index contributed by atoms with van der Waals surface area (Å²) in [4.78, 5) is 11.2. The summed E-state index contributed by atoms with van der Waals surface area (Å²) in [6.45, 7) is 1.40. The van der Waals surface area contributed by atoms with E-state index in [2.05, 4.69) is 0 Å². The van der Waals surface area contributed by atoms with E-state index in [0.717, 1.165) is 0 Å². The van der Waals surface area contributed by atoms with E-state index in [9.17, 15) is 9.00 Å². The summed E-state index contributed by atoms with van der Waals surface area (Å²) >= 11 is 0. The number of aromatic hydroxyl groups is 1. The summed E-state index contributed by atoms with van der Waals surface area (Å²) in [5.41, 5.74) is 0. The summed E-state index contributed by atoms with van der Waals surface area (Å²) in [6, 6.07) is 6.00. The van der Waals surface area contributed by atoms with Gasteiger partial charge in [0.15, 0.2) is 0 Å². The van der Waals surface area contributed by atoms with Gasteiger partial charge in [-0.25, -0.2) is 0 Å². The number of hydrogen-bond donors (Lipinski definition) is 1. The van der Waals surface area contributed by atoms with Crippen LogP contribution in [-0.4, -0.2) is 20.9 Å². The number of carbonyl (C=O) groups is 1. The zero-order valence-electron chi connectivity index (χ0n) is 7.19. The lowest BCUT2D eigenvalue weighted by Gasteiger charge is -1.99. The van der Waals surface area contributed by atoms with Crippen LogP contribution >= 0.6 is 0 Å². The third-order valence-electron chi connectivity index (χ3n) is 1.43. The Morgan fingerprint density at radius 1 is 1.38 bits per heavy atom. The standard InChI is InChI=1S/C9H10O3S/c1-7(10)6-13(12)9-4-2-8(11)3-5-9/h2-5,11H,6H2,1H3. The molecule has 4 heteroatoms. The van der Waals surface area contributed by atoms with Crippen molar-refractivity contribution in [2.45, 2.75) is 11.8 Å². The van der Waals surface area contributed by atoms with Crippen LogP contribution in [0.4, 0.5) is 0 Å². The maximum Gasteiger partial charge on any atom is 0.142 e. The van der Waals surface area contributed by atoms with Gasteiger partial charge in [0, 0.05) is 4.90 Å². The van der Waals surface area contributed by atoms with Gasteiger partial charge >= 0.3 is 0 Å². The van der Waals surface area contributed by atoms with Gasteiger partial charge in [0.05, 0.1) is 16.6 Å². The van der Waals surface area contributed by atoms with Gasteiger partial charge in [-0.3, -0.25) is 9.00 Å². The highest BCUT2D eigenvalue weighted by Crippen LogP contribution is 2.12. The van der Waals surface area contributed by atoms with E-state index in [-0.39, 0.29) is 17.3 Å². The summed E-state index contributed by atoms with van der Waals surface area (Å²) < 4.78 is 11.4. The number of Topliss-reactive ketones (excluding diaryl/α,β-unsaturated/α-hetero) is 1. The molecule has 1 atom stereocenters. The van der Waals surface area contributed by atoms with E-state index >= 15 is 0 Å². The van der Waals surface area contributed by atoms with E-state index < -0.39 is 10.8 Å². The Hall–Kier alpha value is -1.16. The zero-order valence-corrected chi connectivity index (χ0v) is 8.00. The van der Waals surface area contributed by atoms with Gasteiger partial charge in [0.2, 0.25) is 0 Å². The van der Waals surface area contributed by atoms with Crippen molar-refractivity contribution in [2.24, 2.45) is 0 Å². The molecule has 0 spiro atoms. The molecular weight excluding hydrogens is 188 g/mol. The Morgan fingerprint density at radius 3 is 2.38 bits per heavy atom. The molecule has 0 aliphatic heterocycles. The molecular formula is C9H10O3S. The molecule has 70 valence electrons. The number of carbonyl (C=O) groups excluding carboxylic acids is 1. The van der Waals surface area contributed by atoms with E-state index in [4.69, 9.17) is 5.11 Å². The molecule has 3 nitrogen and oxygen atoms in total. The maximum absolute atomic E-state index is 11.4. The van der Waals surface area contributed by atoms with Crippen LogP contribution in [0.1, 0.15) is 6.92 Å². The molecule has 0 bridgehead atoms. The van der Waals surface area contributed by atoms with Crippen LogP contribution < -0.4 is 0 Å². The fourth-order valence-electron chi connectivity index (χ4n) is 0.866. The lowest BCUT2D eigenvalue weighted by atomic mass is 10.3. The van der Waals surface area contributed by atoms with Crippen LogP contribution in [0, 0.1) is 0 Å². The highest BCUT2D eigenvalue weighted by Gasteiger charge is 2.05. The second-order valence-corrected chi connectivity index (χ2v) is 4.14. The summed E-state index contributed by atoms with van der Waals surface area (Å²) in [5.74, 6) is 0.0556. The highest BCUT2D eigenvalue weighted by molar-refractivity contribution is 7.85. The van der Waals surface area contributed by atoms with Crippen molar-refractivity contribution in [2.75, 3.05) is 5.75 Å². The fraction of sp³-hybridized carbons (Fsp3) is 0.222. The molecule has 1 rings (SSSR count). The van der Waals surface area contributed by atoms with Gasteiger partial charge in [-0.1, -0.05) is 0 Å². The van der Waals surface area contributed by atoms with Crippen molar-refractivity contribution >= 4 is 16.6 Å². The number of rotatable bonds is 3. The second kappa shape index (κ2) is 4.18. The van der Waals surface area contributed by atoms with Crippen molar-refractivity contribution < 1.29 is 14.1 Å². The Kier molecular flexibility index (Phi) is 3.19. The van der Waals surface area contributed by atoms with E-state index in [1.54, 1.807) is 12.1 Å². The molecule has 1 unspecified atom stereocenters. The second-order valence-electron chi connectivity index (χ2n) is 2.69. The first kappa shape index (κ1) is 9.92. The molecule has 0 heterocycles. The van der Waals surface area contributed by atoms with E-state index in [1.807, 2.05) is 0 Å². The smallest absolute Gasteiger partial charge is 0.142 e. The van der Waals surface area contributed by atoms with Gasteiger partial charge in [0.1, 0.15) is 11.5 Å². The maximum atomic E-state index is 11.4. The largest absolute Gasteiger partial charge is 0.508 e. The molecule has 1 N–H and O–H groups in total. The van der Waals surface area contributed by atoms with Crippen LogP contribution in [0.3, 0.4) is 0 Å². The number of benzene rings is 1. The minimum Gasteiger partial charge on any atom is -0.508 e. The Balaban J connectivity index is 2.78. The van der Waals surface area contributed by atoms with Gasteiger partial charge in [-0.2, -0.15) is 0 Å². The molecule has 0 saturated heterocycles. The number of ketones is 1. The molecule has 0 aliphatic rings. The quantitative estimate of drug-likeness (QED) is 0.791. The minimum atomic E-state index is -1.28. The predicted octanol–water partition coefficient (Wildman–Crippen LogP) is 1.09. The van der Waals surface area contributed by atoms with E-state index in [1.165, 1.54) is 19.1 Å². The van der Waals surface area contributed by atoms with Crippen LogP contribution in [-0.2, 0) is 15.6 Å². The average molecular weight is 198 g/mol. The lowest BCUT2D eigenvalue weighted by Crippen LogP contribution is -2.06. The molecule has 1 aromatic carbocycles. The van der Waals surface area contributed by atoms with Crippen LogP contribution in [0.2, 0.25) is 0 Å². The monoisotopic (exact) mass is 198 g/mol. The molecule has 0 radical (unpaired) electrons. The molecule has 1 aromatic rings. The number of phenolic OH excluding ortho intramolecular Hbond substituents is 1. The lowest BCUT2D eigenvalue weighted by molar-refractivity contribution is -0.114. The van der Waals surface area contributed by atoms with Crippen molar-refractivity contribution in [1.29, 1.82) is 0 Å². The summed E-state index contributed by atoms with van der Waals surface area (Å²) in [7, 11) is -1.28. The van der Waals surface area contributed by atoms with Crippen molar-refractivity contribution in [1.82, 2.24) is 0 Å². The molecule has 13 heavy (non-hydrogen) atoms. The van der Waals surface area contributed by atoms with Crippen LogP contribution in [0.25, 0.3) is 0 Å². The Bertz CT molecular complexity index is 329. The summed E-state index contributed by atoms with van der Waals surface area (Å²) in [6.07, 6.45) is 0. The number of phenols is 1. The normalized spacial score (nSPS) is 12.4.